The number of rotatable bonds is 6. The number of ether oxygens (including phenoxy) is 1. The van der Waals surface area contributed by atoms with Gasteiger partial charge in [-0.3, -0.25) is 9.59 Å². The molecule has 2 heterocycles. The fourth-order valence-electron chi connectivity index (χ4n) is 2.17. The van der Waals surface area contributed by atoms with Crippen molar-refractivity contribution in [1.29, 1.82) is 0 Å². The van der Waals surface area contributed by atoms with Crippen molar-refractivity contribution in [3.63, 3.8) is 0 Å². The number of thiophene rings is 2. The molecule has 0 fully saturated rings. The Morgan fingerprint density at radius 2 is 2.04 bits per heavy atom. The van der Waals surface area contributed by atoms with Crippen LogP contribution in [-0.4, -0.2) is 29.1 Å². The summed E-state index contributed by atoms with van der Waals surface area (Å²) in [7, 11) is 0. The van der Waals surface area contributed by atoms with Crippen LogP contribution in [0, 0.1) is 0 Å². The van der Waals surface area contributed by atoms with Crippen LogP contribution in [0.3, 0.4) is 0 Å². The average molecular weight is 353 g/mol. The molecule has 2 aromatic heterocycles. The Bertz CT molecular complexity index is 628. The highest BCUT2D eigenvalue weighted by molar-refractivity contribution is 7.10. The second kappa shape index (κ2) is 6.82. The Hall–Kier alpha value is -1.70. The van der Waals surface area contributed by atoms with Gasteiger partial charge in [-0.1, -0.05) is 6.07 Å². The van der Waals surface area contributed by atoms with Crippen molar-refractivity contribution in [2.45, 2.75) is 32.0 Å². The highest BCUT2D eigenvalue weighted by Crippen LogP contribution is 2.33. The molecule has 2 rings (SSSR count). The van der Waals surface area contributed by atoms with Gasteiger partial charge in [0.05, 0.1) is 6.54 Å². The Kier molecular flexibility index (Phi) is 5.23. The maximum absolute atomic E-state index is 12.3. The van der Waals surface area contributed by atoms with E-state index in [9.17, 15) is 14.7 Å². The fraction of sp³-hybridized carbons (Fsp3) is 0.375. The summed E-state index contributed by atoms with van der Waals surface area (Å²) in [6.45, 7) is 4.27. The Morgan fingerprint density at radius 3 is 2.57 bits per heavy atom. The first-order valence-electron chi connectivity index (χ1n) is 7.02. The van der Waals surface area contributed by atoms with Crippen LogP contribution < -0.4 is 5.32 Å². The first-order valence-corrected chi connectivity index (χ1v) is 8.85. The van der Waals surface area contributed by atoms with E-state index in [0.29, 0.717) is 0 Å². The van der Waals surface area contributed by atoms with Gasteiger partial charge in [0, 0.05) is 17.4 Å². The maximum atomic E-state index is 12.3. The lowest BCUT2D eigenvalue weighted by Crippen LogP contribution is -2.50. The minimum Gasteiger partial charge on any atom is -0.450 e. The van der Waals surface area contributed by atoms with Crippen LogP contribution in [-0.2, 0) is 19.9 Å². The molecule has 124 valence electrons. The number of aliphatic hydroxyl groups is 1. The first kappa shape index (κ1) is 17.7. The van der Waals surface area contributed by atoms with Gasteiger partial charge in [-0.15, -0.1) is 11.3 Å². The molecule has 2 aromatic rings. The Labute approximate surface area is 142 Å². The third-order valence-corrected chi connectivity index (χ3v) is 5.08. The van der Waals surface area contributed by atoms with E-state index in [1.54, 1.807) is 0 Å². The van der Waals surface area contributed by atoms with E-state index < -0.39 is 23.1 Å². The zero-order valence-electron chi connectivity index (χ0n) is 13.2. The van der Waals surface area contributed by atoms with Crippen LogP contribution in [0.4, 0.5) is 0 Å². The molecule has 2 N–H and O–H groups in total. The summed E-state index contributed by atoms with van der Waals surface area (Å²) in [6, 6.07) is 5.50. The lowest BCUT2D eigenvalue weighted by molar-refractivity contribution is -0.163. The minimum atomic E-state index is -1.31. The number of amides is 1. The standard InChI is InChI=1S/C16H19NO4S2/c1-11(18)21-15(2,3)14(19)17-10-16(20,12-6-8-22-9-12)13-5-4-7-23-13/h4-9,20H,10H2,1-3H3,(H,17,19)/t16-/m0/s1. The summed E-state index contributed by atoms with van der Waals surface area (Å²) >= 11 is 2.89. The molecule has 0 aliphatic rings. The van der Waals surface area contributed by atoms with Gasteiger partial charge in [0.2, 0.25) is 0 Å². The highest BCUT2D eigenvalue weighted by atomic mass is 32.1. The maximum Gasteiger partial charge on any atom is 0.303 e. The van der Waals surface area contributed by atoms with Crippen LogP contribution in [0.5, 0.6) is 0 Å². The molecule has 0 spiro atoms. The van der Waals surface area contributed by atoms with E-state index in [0.717, 1.165) is 10.4 Å². The van der Waals surface area contributed by atoms with Gasteiger partial charge in [-0.25, -0.2) is 0 Å². The molecule has 0 radical (unpaired) electrons. The molecule has 1 atom stereocenters. The van der Waals surface area contributed by atoms with Gasteiger partial charge in [0.25, 0.3) is 5.91 Å². The highest BCUT2D eigenvalue weighted by Gasteiger charge is 2.37. The Morgan fingerprint density at radius 1 is 1.30 bits per heavy atom. The molecule has 1 amide bonds. The van der Waals surface area contributed by atoms with Gasteiger partial charge in [0.1, 0.15) is 5.60 Å². The number of carbonyl (C=O) groups excluding carboxylic acids is 2. The molecule has 5 nitrogen and oxygen atoms in total. The predicted octanol–water partition coefficient (Wildman–Crippen LogP) is 2.50. The van der Waals surface area contributed by atoms with E-state index in [2.05, 4.69) is 5.32 Å². The van der Waals surface area contributed by atoms with Gasteiger partial charge in [-0.2, -0.15) is 11.3 Å². The van der Waals surface area contributed by atoms with Crippen LogP contribution in [0.1, 0.15) is 31.2 Å². The average Bonchev–Trinajstić information content (AvgIpc) is 3.15. The predicted molar refractivity (Wildman–Crippen MR) is 90.5 cm³/mol. The summed E-state index contributed by atoms with van der Waals surface area (Å²) < 4.78 is 5.02. The van der Waals surface area contributed by atoms with E-state index in [1.165, 1.54) is 43.4 Å². The smallest absolute Gasteiger partial charge is 0.303 e. The van der Waals surface area contributed by atoms with E-state index in [-0.39, 0.29) is 6.54 Å². The molecular weight excluding hydrogens is 334 g/mol. The van der Waals surface area contributed by atoms with Crippen molar-refractivity contribution in [2.24, 2.45) is 0 Å². The largest absolute Gasteiger partial charge is 0.450 e. The summed E-state index contributed by atoms with van der Waals surface area (Å²) in [5, 5.41) is 19.4. The normalized spacial score (nSPS) is 14.1. The summed E-state index contributed by atoms with van der Waals surface area (Å²) in [4.78, 5) is 24.1. The number of hydrogen-bond donors (Lipinski definition) is 2. The first-order chi connectivity index (χ1) is 10.8. The molecule has 7 heteroatoms. The van der Waals surface area contributed by atoms with Gasteiger partial charge in [-0.05, 0) is 42.1 Å². The van der Waals surface area contributed by atoms with Crippen molar-refractivity contribution in [1.82, 2.24) is 5.32 Å². The molecule has 0 aliphatic carbocycles. The fourth-order valence-corrected chi connectivity index (χ4v) is 3.74. The third-order valence-electron chi connectivity index (χ3n) is 3.38. The van der Waals surface area contributed by atoms with Crippen LogP contribution in [0.15, 0.2) is 34.3 Å². The molecule has 0 saturated heterocycles. The second-order valence-electron chi connectivity index (χ2n) is 5.64. The number of carbonyl (C=O) groups is 2. The van der Waals surface area contributed by atoms with Crippen LogP contribution >= 0.6 is 22.7 Å². The number of esters is 1. The molecule has 23 heavy (non-hydrogen) atoms. The van der Waals surface area contributed by atoms with Crippen molar-refractivity contribution in [3.05, 3.63) is 44.8 Å². The van der Waals surface area contributed by atoms with Crippen LogP contribution in [0.2, 0.25) is 0 Å². The molecule has 0 aromatic carbocycles. The van der Waals surface area contributed by atoms with Gasteiger partial charge >= 0.3 is 5.97 Å². The molecule has 0 saturated carbocycles. The van der Waals surface area contributed by atoms with E-state index in [1.807, 2.05) is 34.3 Å². The van der Waals surface area contributed by atoms with Crippen molar-refractivity contribution >= 4 is 34.6 Å². The summed E-state index contributed by atoms with van der Waals surface area (Å²) in [5.74, 6) is -0.991. The molecule has 0 aliphatic heterocycles. The topological polar surface area (TPSA) is 75.6 Å². The molecule has 0 bridgehead atoms. The third kappa shape index (κ3) is 3.99. The van der Waals surface area contributed by atoms with Gasteiger partial charge < -0.3 is 15.2 Å². The SMILES string of the molecule is CC(=O)OC(C)(C)C(=O)NC[C@](O)(c1ccsc1)c1cccs1. The second-order valence-corrected chi connectivity index (χ2v) is 7.36. The van der Waals surface area contributed by atoms with E-state index >= 15 is 0 Å². The number of hydrogen-bond acceptors (Lipinski definition) is 6. The van der Waals surface area contributed by atoms with Crippen LogP contribution in [0.25, 0.3) is 0 Å². The van der Waals surface area contributed by atoms with Crippen molar-refractivity contribution in [3.8, 4) is 0 Å². The quantitative estimate of drug-likeness (QED) is 0.783. The summed E-state index contributed by atoms with van der Waals surface area (Å²) in [5.41, 5.74) is -1.89. The molecular formula is C16H19NO4S2. The van der Waals surface area contributed by atoms with Crippen molar-refractivity contribution in [2.75, 3.05) is 6.54 Å². The Balaban J connectivity index is 2.18. The number of nitrogens with one attached hydrogen (secondary N) is 1. The van der Waals surface area contributed by atoms with E-state index in [4.69, 9.17) is 4.74 Å². The summed E-state index contributed by atoms with van der Waals surface area (Å²) in [6.07, 6.45) is 0. The lowest BCUT2D eigenvalue weighted by atomic mass is 9.94. The monoisotopic (exact) mass is 353 g/mol. The molecule has 0 unspecified atom stereocenters. The minimum absolute atomic E-state index is 0.00618. The van der Waals surface area contributed by atoms with Gasteiger partial charge in [0.15, 0.2) is 5.60 Å². The lowest BCUT2D eigenvalue weighted by Gasteiger charge is -2.29. The van der Waals surface area contributed by atoms with Crippen molar-refractivity contribution < 1.29 is 19.4 Å². The zero-order valence-corrected chi connectivity index (χ0v) is 14.8. The zero-order chi connectivity index (χ0) is 17.1.